The Kier molecular flexibility index (Phi) is 5.71. The van der Waals surface area contributed by atoms with E-state index in [4.69, 9.17) is 18.8 Å². The van der Waals surface area contributed by atoms with Crippen LogP contribution < -0.4 is 4.90 Å². The molecule has 12 rings (SSSR count). The third-order valence-electron chi connectivity index (χ3n) is 10.8. The van der Waals surface area contributed by atoms with Crippen molar-refractivity contribution < 1.29 is 8.83 Å². The predicted molar refractivity (Wildman–Crippen MR) is 216 cm³/mol. The molecular weight excluding hydrogens is 651 g/mol. The molecule has 0 aliphatic carbocycles. The van der Waals surface area contributed by atoms with E-state index >= 15 is 0 Å². The molecule has 0 spiro atoms. The van der Waals surface area contributed by atoms with Crippen molar-refractivity contribution in [3.05, 3.63) is 164 Å². The standard InChI is InChI=1S/C48H27N3O2/c1-2-12-33-28(9-1)22-26-39-44(33)37-15-7-10-29-11-8-16-38(43(29)37)51(39)32-23-19-30(20-24-32)48-49-45(47-46(50-48)36-14-4-6-18-41(36)53-47)31-21-25-35-34-13-3-5-17-40(34)52-42(35)27-31/h1-27H. The number of hydrogen-bond donors (Lipinski definition) is 0. The molecule has 0 unspecified atom stereocenters. The van der Waals surface area contributed by atoms with E-state index in [9.17, 15) is 0 Å². The molecule has 0 N–H and O–H groups in total. The van der Waals surface area contributed by atoms with Crippen molar-refractivity contribution in [2.75, 3.05) is 4.90 Å². The quantitative estimate of drug-likeness (QED) is 0.186. The number of aromatic nitrogens is 2. The van der Waals surface area contributed by atoms with Gasteiger partial charge in [0, 0.05) is 43.9 Å². The van der Waals surface area contributed by atoms with Gasteiger partial charge in [-0.1, -0.05) is 97.1 Å². The van der Waals surface area contributed by atoms with Crippen LogP contribution in [0.3, 0.4) is 0 Å². The molecule has 4 heterocycles. The number of anilines is 3. The lowest BCUT2D eigenvalue weighted by atomic mass is 9.87. The van der Waals surface area contributed by atoms with Gasteiger partial charge in [-0.25, -0.2) is 9.97 Å². The van der Waals surface area contributed by atoms with E-state index in [1.165, 1.54) is 38.4 Å². The van der Waals surface area contributed by atoms with Crippen LogP contribution in [0.1, 0.15) is 0 Å². The molecule has 0 amide bonds. The maximum Gasteiger partial charge on any atom is 0.180 e. The Morgan fingerprint density at radius 3 is 2.02 bits per heavy atom. The molecule has 53 heavy (non-hydrogen) atoms. The van der Waals surface area contributed by atoms with Gasteiger partial charge in [-0.3, -0.25) is 0 Å². The average molecular weight is 678 g/mol. The summed E-state index contributed by atoms with van der Waals surface area (Å²) in [6.07, 6.45) is 0. The number of benzene rings is 8. The van der Waals surface area contributed by atoms with E-state index in [1.807, 2.05) is 36.4 Å². The van der Waals surface area contributed by atoms with Crippen LogP contribution in [0, 0.1) is 0 Å². The fourth-order valence-corrected chi connectivity index (χ4v) is 8.40. The van der Waals surface area contributed by atoms with Gasteiger partial charge in [-0.2, -0.15) is 0 Å². The Morgan fingerprint density at radius 1 is 0.453 bits per heavy atom. The highest BCUT2D eigenvalue weighted by Crippen LogP contribution is 2.53. The summed E-state index contributed by atoms with van der Waals surface area (Å²) in [5.74, 6) is 0.632. The molecule has 0 saturated carbocycles. The Labute approximate surface area is 303 Å². The second kappa shape index (κ2) is 10.6. The molecule has 1 aliphatic rings. The third kappa shape index (κ3) is 4.07. The van der Waals surface area contributed by atoms with Crippen molar-refractivity contribution in [1.29, 1.82) is 0 Å². The number of rotatable bonds is 3. The molecule has 11 aromatic rings. The van der Waals surface area contributed by atoms with Gasteiger partial charge in [0.2, 0.25) is 0 Å². The number of fused-ring (bicyclic) bond motifs is 10. The summed E-state index contributed by atoms with van der Waals surface area (Å²) in [4.78, 5) is 12.8. The van der Waals surface area contributed by atoms with E-state index in [0.717, 1.165) is 66.6 Å². The van der Waals surface area contributed by atoms with Crippen LogP contribution in [0.5, 0.6) is 0 Å². The highest BCUT2D eigenvalue weighted by Gasteiger charge is 2.27. The minimum absolute atomic E-state index is 0.632. The summed E-state index contributed by atoms with van der Waals surface area (Å²) in [6, 6.07) is 57.4. The molecule has 1 aliphatic heterocycles. The van der Waals surface area contributed by atoms with Crippen molar-refractivity contribution in [2.45, 2.75) is 0 Å². The fourth-order valence-electron chi connectivity index (χ4n) is 8.40. The van der Waals surface area contributed by atoms with E-state index in [0.29, 0.717) is 11.4 Å². The molecule has 0 radical (unpaired) electrons. The first-order chi connectivity index (χ1) is 26.3. The highest BCUT2D eigenvalue weighted by molar-refractivity contribution is 6.19. The molecule has 5 nitrogen and oxygen atoms in total. The second-order valence-corrected chi connectivity index (χ2v) is 13.7. The van der Waals surface area contributed by atoms with Gasteiger partial charge in [-0.15, -0.1) is 0 Å². The Bertz CT molecular complexity index is 3300. The van der Waals surface area contributed by atoms with Crippen molar-refractivity contribution in [2.24, 2.45) is 0 Å². The highest BCUT2D eigenvalue weighted by atomic mass is 16.3. The monoisotopic (exact) mass is 677 g/mol. The topological polar surface area (TPSA) is 55.3 Å². The summed E-state index contributed by atoms with van der Waals surface area (Å²) in [5, 5.41) is 8.08. The molecule has 8 aromatic carbocycles. The maximum atomic E-state index is 6.46. The third-order valence-corrected chi connectivity index (χ3v) is 10.8. The smallest absolute Gasteiger partial charge is 0.180 e. The van der Waals surface area contributed by atoms with Crippen LogP contribution in [0.4, 0.5) is 17.1 Å². The molecule has 0 fully saturated rings. The van der Waals surface area contributed by atoms with Crippen LogP contribution >= 0.6 is 0 Å². The van der Waals surface area contributed by atoms with Gasteiger partial charge in [-0.05, 0) is 88.5 Å². The lowest BCUT2D eigenvalue weighted by Crippen LogP contribution is -2.15. The Balaban J connectivity index is 1.04. The number of furan rings is 2. The fraction of sp³-hybridized carbons (Fsp3) is 0. The van der Waals surface area contributed by atoms with E-state index in [2.05, 4.69) is 132 Å². The summed E-state index contributed by atoms with van der Waals surface area (Å²) in [6.45, 7) is 0. The SMILES string of the molecule is c1ccc2c3c(ccc2c1)N(c1ccc(-c2nc(-c4ccc5c(c4)oc4ccccc45)c4oc5ccccc5c4n2)cc1)c1cccc2cccc-3c12. The van der Waals surface area contributed by atoms with Gasteiger partial charge in [0.15, 0.2) is 11.4 Å². The molecular formula is C48H27N3O2. The van der Waals surface area contributed by atoms with Crippen LogP contribution in [0.2, 0.25) is 0 Å². The zero-order valence-corrected chi connectivity index (χ0v) is 28.2. The molecule has 0 saturated heterocycles. The van der Waals surface area contributed by atoms with Crippen LogP contribution in [0.25, 0.3) is 99.3 Å². The van der Waals surface area contributed by atoms with Crippen molar-refractivity contribution in [3.63, 3.8) is 0 Å². The summed E-state index contributed by atoms with van der Waals surface area (Å²) in [7, 11) is 0. The average Bonchev–Trinajstić information content (AvgIpc) is 3.79. The lowest BCUT2D eigenvalue weighted by Gasteiger charge is -2.34. The summed E-state index contributed by atoms with van der Waals surface area (Å²) in [5.41, 5.74) is 12.4. The van der Waals surface area contributed by atoms with Crippen LogP contribution in [-0.2, 0) is 0 Å². The first-order valence-corrected chi connectivity index (χ1v) is 17.8. The second-order valence-electron chi connectivity index (χ2n) is 13.7. The van der Waals surface area contributed by atoms with Gasteiger partial charge in [0.1, 0.15) is 28.0 Å². The normalized spacial score (nSPS) is 12.5. The molecule has 3 aromatic heterocycles. The van der Waals surface area contributed by atoms with Crippen molar-refractivity contribution >= 4 is 82.6 Å². The molecule has 246 valence electrons. The number of para-hydroxylation sites is 2. The zero-order chi connectivity index (χ0) is 34.6. The van der Waals surface area contributed by atoms with E-state index in [-0.39, 0.29) is 0 Å². The maximum absolute atomic E-state index is 6.46. The Morgan fingerprint density at radius 2 is 1.15 bits per heavy atom. The zero-order valence-electron chi connectivity index (χ0n) is 28.2. The summed E-state index contributed by atoms with van der Waals surface area (Å²) >= 11 is 0. The number of hydrogen-bond acceptors (Lipinski definition) is 5. The molecule has 5 heteroatoms. The minimum atomic E-state index is 0.632. The van der Waals surface area contributed by atoms with Gasteiger partial charge in [0.05, 0.1) is 11.4 Å². The van der Waals surface area contributed by atoms with Gasteiger partial charge >= 0.3 is 0 Å². The lowest BCUT2D eigenvalue weighted by molar-refractivity contribution is 0.666. The van der Waals surface area contributed by atoms with Crippen molar-refractivity contribution in [3.8, 4) is 33.8 Å². The van der Waals surface area contributed by atoms with Gasteiger partial charge < -0.3 is 13.7 Å². The number of nitrogens with zero attached hydrogens (tertiary/aromatic N) is 3. The van der Waals surface area contributed by atoms with E-state index in [1.54, 1.807) is 0 Å². The first-order valence-electron chi connectivity index (χ1n) is 17.8. The Hall–Kier alpha value is -7.24. The van der Waals surface area contributed by atoms with E-state index < -0.39 is 0 Å². The largest absolute Gasteiger partial charge is 0.456 e. The van der Waals surface area contributed by atoms with Crippen LogP contribution in [0.15, 0.2) is 173 Å². The van der Waals surface area contributed by atoms with Crippen molar-refractivity contribution in [1.82, 2.24) is 9.97 Å². The predicted octanol–water partition coefficient (Wildman–Crippen LogP) is 13.4. The molecule has 0 atom stereocenters. The van der Waals surface area contributed by atoms with Crippen LogP contribution in [-0.4, -0.2) is 9.97 Å². The summed E-state index contributed by atoms with van der Waals surface area (Å²) < 4.78 is 12.7. The molecule has 0 bridgehead atoms. The van der Waals surface area contributed by atoms with Gasteiger partial charge in [0.25, 0.3) is 0 Å². The first kappa shape index (κ1) is 28.5. The minimum Gasteiger partial charge on any atom is -0.456 e.